The number of carbonyl (C=O) groups is 2. The van der Waals surface area contributed by atoms with Crippen LogP contribution in [0.4, 0.5) is 5.69 Å². The lowest BCUT2D eigenvalue weighted by Crippen LogP contribution is -2.40. The third-order valence-corrected chi connectivity index (χ3v) is 6.22. The van der Waals surface area contributed by atoms with Gasteiger partial charge in [-0.15, -0.1) is 0 Å². The number of anilines is 1. The largest absolute Gasteiger partial charge is 0.467 e. The maximum Gasteiger partial charge on any atom is 0.238 e. The summed E-state index contributed by atoms with van der Waals surface area (Å²) in [5, 5.41) is 1.28. The number of rotatable bonds is 4. The lowest BCUT2D eigenvalue weighted by atomic mass is 10.1. The Labute approximate surface area is 172 Å². The molecular weight excluding hydrogens is 398 g/mol. The molecule has 2 unspecified atom stereocenters. The number of likely N-dealkylation sites (tertiary alicyclic amines) is 1. The zero-order valence-electron chi connectivity index (χ0n) is 15.4. The number of hydrogen-bond acceptors (Lipinski definition) is 5. The summed E-state index contributed by atoms with van der Waals surface area (Å²) in [6.45, 7) is 2.77. The number of amidine groups is 1. The van der Waals surface area contributed by atoms with Gasteiger partial charge in [0.1, 0.15) is 5.76 Å². The van der Waals surface area contributed by atoms with E-state index in [1.54, 1.807) is 46.0 Å². The van der Waals surface area contributed by atoms with Crippen LogP contribution < -0.4 is 4.90 Å². The molecule has 28 heavy (non-hydrogen) atoms. The number of aliphatic imine (C=N–C) groups is 1. The molecule has 0 spiro atoms. The normalized spacial score (nSPS) is 21.9. The molecule has 0 aliphatic carbocycles. The van der Waals surface area contributed by atoms with Gasteiger partial charge >= 0.3 is 0 Å². The first-order valence-corrected chi connectivity index (χ1v) is 10.5. The van der Waals surface area contributed by atoms with Crippen LogP contribution in [0.15, 0.2) is 52.1 Å². The number of carbonyl (C=O) groups excluding carboxylic acids is 2. The number of thioether (sulfide) groups is 1. The van der Waals surface area contributed by atoms with E-state index in [9.17, 15) is 9.59 Å². The standard InChI is InChI=1S/C20H20ClN3O3S/c1-13-12-28-20(22-13)24(16-6-4-15(21)5-7-16)19(26)14-9-18(25)23(10-14)11-17-3-2-8-27-17/h2-8,13-14H,9-12H2,1H3. The number of halogens is 1. The first kappa shape index (κ1) is 19.1. The minimum absolute atomic E-state index is 0.0415. The van der Waals surface area contributed by atoms with Crippen molar-refractivity contribution in [1.82, 2.24) is 4.90 Å². The highest BCUT2D eigenvalue weighted by molar-refractivity contribution is 8.14. The number of nitrogens with zero attached hydrogens (tertiary/aromatic N) is 3. The Bertz CT molecular complexity index is 898. The smallest absolute Gasteiger partial charge is 0.238 e. The monoisotopic (exact) mass is 417 g/mol. The summed E-state index contributed by atoms with van der Waals surface area (Å²) in [6.07, 6.45) is 1.77. The summed E-state index contributed by atoms with van der Waals surface area (Å²) in [7, 11) is 0. The molecule has 2 amide bonds. The average Bonchev–Trinajstić information content (AvgIpc) is 3.41. The molecule has 1 aromatic carbocycles. The maximum absolute atomic E-state index is 13.4. The van der Waals surface area contributed by atoms with E-state index in [2.05, 4.69) is 4.99 Å². The number of benzene rings is 1. The van der Waals surface area contributed by atoms with Crippen LogP contribution in [0.1, 0.15) is 19.1 Å². The zero-order chi connectivity index (χ0) is 19.7. The van der Waals surface area contributed by atoms with Gasteiger partial charge in [-0.3, -0.25) is 19.5 Å². The zero-order valence-corrected chi connectivity index (χ0v) is 16.9. The van der Waals surface area contributed by atoms with Crippen LogP contribution in [-0.4, -0.2) is 40.2 Å². The molecule has 0 N–H and O–H groups in total. The molecule has 4 rings (SSSR count). The van der Waals surface area contributed by atoms with E-state index < -0.39 is 5.92 Å². The van der Waals surface area contributed by atoms with Gasteiger partial charge in [0.2, 0.25) is 11.8 Å². The lowest BCUT2D eigenvalue weighted by molar-refractivity contribution is -0.129. The number of hydrogen-bond donors (Lipinski definition) is 0. The van der Waals surface area contributed by atoms with E-state index in [-0.39, 0.29) is 24.3 Å². The number of furan rings is 1. The van der Waals surface area contributed by atoms with Gasteiger partial charge in [0.15, 0.2) is 5.17 Å². The second-order valence-electron chi connectivity index (χ2n) is 6.98. The molecule has 146 valence electrons. The van der Waals surface area contributed by atoms with Crippen molar-refractivity contribution in [2.45, 2.75) is 25.9 Å². The lowest BCUT2D eigenvalue weighted by Gasteiger charge is -2.25. The van der Waals surface area contributed by atoms with Crippen LogP contribution in [0, 0.1) is 5.92 Å². The van der Waals surface area contributed by atoms with Crippen molar-refractivity contribution < 1.29 is 14.0 Å². The fraction of sp³-hybridized carbons (Fsp3) is 0.350. The fourth-order valence-electron chi connectivity index (χ4n) is 3.37. The molecule has 2 aliphatic rings. The summed E-state index contributed by atoms with van der Waals surface area (Å²) in [5.41, 5.74) is 0.715. The van der Waals surface area contributed by atoms with Crippen molar-refractivity contribution in [1.29, 1.82) is 0 Å². The predicted molar refractivity (Wildman–Crippen MR) is 111 cm³/mol. The van der Waals surface area contributed by atoms with Crippen molar-refractivity contribution in [2.24, 2.45) is 10.9 Å². The summed E-state index contributed by atoms with van der Waals surface area (Å²) >= 11 is 7.57. The Morgan fingerprint density at radius 2 is 2.14 bits per heavy atom. The van der Waals surface area contributed by atoms with Crippen molar-refractivity contribution in [3.63, 3.8) is 0 Å². The van der Waals surface area contributed by atoms with E-state index >= 15 is 0 Å². The van der Waals surface area contributed by atoms with E-state index in [1.165, 1.54) is 0 Å². The van der Waals surface area contributed by atoms with Gasteiger partial charge in [-0.1, -0.05) is 23.4 Å². The summed E-state index contributed by atoms with van der Waals surface area (Å²) in [5.74, 6) is 0.969. The molecule has 0 saturated carbocycles. The summed E-state index contributed by atoms with van der Waals surface area (Å²) < 4.78 is 5.34. The minimum atomic E-state index is -0.419. The molecule has 3 heterocycles. The Hall–Kier alpha value is -2.25. The van der Waals surface area contributed by atoms with Gasteiger partial charge in [0, 0.05) is 23.7 Å². The van der Waals surface area contributed by atoms with E-state index in [4.69, 9.17) is 16.0 Å². The molecule has 0 radical (unpaired) electrons. The highest BCUT2D eigenvalue weighted by Gasteiger charge is 2.39. The van der Waals surface area contributed by atoms with Crippen LogP contribution in [0.3, 0.4) is 0 Å². The first-order chi connectivity index (χ1) is 13.5. The SMILES string of the molecule is CC1CSC(N(C(=O)C2CC(=O)N(Cc3ccco3)C2)c2ccc(Cl)cc2)=N1. The van der Waals surface area contributed by atoms with E-state index in [0.717, 1.165) is 5.75 Å². The van der Waals surface area contributed by atoms with Crippen molar-refractivity contribution in [2.75, 3.05) is 17.2 Å². The van der Waals surface area contributed by atoms with Crippen LogP contribution in [0.25, 0.3) is 0 Å². The van der Waals surface area contributed by atoms with Crippen molar-refractivity contribution >= 4 is 46.0 Å². The Morgan fingerprint density at radius 3 is 2.79 bits per heavy atom. The Balaban J connectivity index is 1.56. The van der Waals surface area contributed by atoms with Crippen LogP contribution >= 0.6 is 23.4 Å². The predicted octanol–water partition coefficient (Wildman–Crippen LogP) is 3.81. The molecule has 6 nitrogen and oxygen atoms in total. The van der Waals surface area contributed by atoms with Crippen LogP contribution in [-0.2, 0) is 16.1 Å². The quantitative estimate of drug-likeness (QED) is 0.758. The van der Waals surface area contributed by atoms with Crippen molar-refractivity contribution in [3.8, 4) is 0 Å². The van der Waals surface area contributed by atoms with E-state index in [1.807, 2.05) is 25.1 Å². The van der Waals surface area contributed by atoms with Gasteiger partial charge in [-0.2, -0.15) is 0 Å². The summed E-state index contributed by atoms with van der Waals surface area (Å²) in [4.78, 5) is 33.8. The third-order valence-electron chi connectivity index (χ3n) is 4.77. The van der Waals surface area contributed by atoms with Gasteiger partial charge in [0.05, 0.1) is 30.5 Å². The molecule has 0 bridgehead atoms. The molecule has 1 saturated heterocycles. The van der Waals surface area contributed by atoms with Crippen LogP contribution in [0.2, 0.25) is 5.02 Å². The first-order valence-electron chi connectivity index (χ1n) is 9.11. The highest BCUT2D eigenvalue weighted by atomic mass is 35.5. The highest BCUT2D eigenvalue weighted by Crippen LogP contribution is 2.31. The summed E-state index contributed by atoms with van der Waals surface area (Å²) in [6, 6.07) is 10.9. The minimum Gasteiger partial charge on any atom is -0.467 e. The molecule has 8 heteroatoms. The van der Waals surface area contributed by atoms with E-state index in [0.29, 0.717) is 34.7 Å². The topological polar surface area (TPSA) is 66.1 Å². The van der Waals surface area contributed by atoms with Gasteiger partial charge in [-0.25, -0.2) is 0 Å². The van der Waals surface area contributed by atoms with Crippen molar-refractivity contribution in [3.05, 3.63) is 53.4 Å². The molecule has 1 aromatic heterocycles. The second kappa shape index (κ2) is 8.01. The maximum atomic E-state index is 13.4. The molecular formula is C20H20ClN3O3S. The molecule has 2 aromatic rings. The fourth-order valence-corrected chi connectivity index (χ4v) is 4.54. The van der Waals surface area contributed by atoms with Crippen LogP contribution in [0.5, 0.6) is 0 Å². The Kier molecular flexibility index (Phi) is 5.46. The third kappa shape index (κ3) is 3.95. The van der Waals surface area contributed by atoms with Gasteiger partial charge < -0.3 is 9.32 Å². The van der Waals surface area contributed by atoms with Gasteiger partial charge in [-0.05, 0) is 43.3 Å². The molecule has 2 aliphatic heterocycles. The molecule has 1 fully saturated rings. The molecule has 2 atom stereocenters. The average molecular weight is 418 g/mol. The second-order valence-corrected chi connectivity index (χ2v) is 8.40. The van der Waals surface area contributed by atoms with Gasteiger partial charge in [0.25, 0.3) is 0 Å². The number of amides is 2. The Morgan fingerprint density at radius 1 is 1.36 bits per heavy atom.